The lowest BCUT2D eigenvalue weighted by atomic mass is 10.2. The fourth-order valence-electron chi connectivity index (χ4n) is 1.92. The highest BCUT2D eigenvalue weighted by Gasteiger charge is 2.17. The van der Waals surface area contributed by atoms with E-state index in [9.17, 15) is 4.79 Å². The van der Waals surface area contributed by atoms with Crippen LogP contribution >= 0.6 is 0 Å². The van der Waals surface area contributed by atoms with E-state index in [1.807, 2.05) is 0 Å². The molecule has 1 aromatic heterocycles. The highest BCUT2D eigenvalue weighted by molar-refractivity contribution is 5.96. The first-order chi connectivity index (χ1) is 9.12. The molecule has 1 aromatic carbocycles. The largest absolute Gasteiger partial charge is 0.493 e. The number of methoxy groups -OCH3 is 2. The molecule has 0 atom stereocenters. The Labute approximate surface area is 110 Å². The summed E-state index contributed by atoms with van der Waals surface area (Å²) in [7, 11) is 3.09. The molecule has 0 amide bonds. The van der Waals surface area contributed by atoms with Gasteiger partial charge >= 0.3 is 5.97 Å². The van der Waals surface area contributed by atoms with Gasteiger partial charge in [0.2, 0.25) is 0 Å². The predicted molar refractivity (Wildman–Crippen MR) is 71.1 cm³/mol. The summed E-state index contributed by atoms with van der Waals surface area (Å²) in [6, 6.07) is 5.15. The lowest BCUT2D eigenvalue weighted by Gasteiger charge is -2.08. The molecule has 0 aliphatic rings. The number of hydrogen-bond donors (Lipinski definition) is 1. The minimum Gasteiger partial charge on any atom is -0.493 e. The number of carbonyl (C=O) groups is 1. The molecule has 1 heterocycles. The van der Waals surface area contributed by atoms with Crippen molar-refractivity contribution >= 4 is 16.9 Å². The van der Waals surface area contributed by atoms with Crippen molar-refractivity contribution < 1.29 is 19.0 Å². The van der Waals surface area contributed by atoms with Gasteiger partial charge < -0.3 is 20.1 Å². The fraction of sp³-hybridized carbons (Fsp3) is 0.308. The SMILES string of the molecule is CCOC(=O)c1cc2cc(OC)c(OC)cc2n1N. The Balaban J connectivity index is 2.60. The number of carbonyl (C=O) groups excluding carboxylic acids is 1. The Bertz CT molecular complexity index is 619. The molecule has 6 heteroatoms. The van der Waals surface area contributed by atoms with E-state index in [1.165, 1.54) is 4.68 Å². The van der Waals surface area contributed by atoms with Crippen molar-refractivity contribution in [3.63, 3.8) is 0 Å². The maximum atomic E-state index is 11.8. The van der Waals surface area contributed by atoms with E-state index in [1.54, 1.807) is 39.3 Å². The zero-order valence-corrected chi connectivity index (χ0v) is 11.1. The molecule has 0 saturated heterocycles. The van der Waals surface area contributed by atoms with E-state index in [4.69, 9.17) is 20.1 Å². The summed E-state index contributed by atoms with van der Waals surface area (Å²) in [6.45, 7) is 2.04. The van der Waals surface area contributed by atoms with Crippen LogP contribution < -0.4 is 15.3 Å². The molecule has 6 nitrogen and oxygen atoms in total. The van der Waals surface area contributed by atoms with Gasteiger partial charge in [0.15, 0.2) is 11.5 Å². The Hall–Kier alpha value is -2.37. The maximum absolute atomic E-state index is 11.8. The van der Waals surface area contributed by atoms with Crippen molar-refractivity contribution in [2.45, 2.75) is 6.92 Å². The van der Waals surface area contributed by atoms with Gasteiger partial charge in [-0.15, -0.1) is 0 Å². The van der Waals surface area contributed by atoms with E-state index >= 15 is 0 Å². The molecule has 2 N–H and O–H groups in total. The number of ether oxygens (including phenoxy) is 3. The summed E-state index contributed by atoms with van der Waals surface area (Å²) < 4.78 is 16.7. The third-order valence-electron chi connectivity index (χ3n) is 2.83. The Morgan fingerprint density at radius 1 is 1.21 bits per heavy atom. The van der Waals surface area contributed by atoms with Crippen LogP contribution in [-0.4, -0.2) is 31.5 Å². The van der Waals surface area contributed by atoms with Gasteiger partial charge in [-0.1, -0.05) is 0 Å². The summed E-state index contributed by atoms with van der Waals surface area (Å²) in [4.78, 5) is 11.8. The van der Waals surface area contributed by atoms with Gasteiger partial charge in [0, 0.05) is 11.5 Å². The predicted octanol–water partition coefficient (Wildman–Crippen LogP) is 1.55. The van der Waals surface area contributed by atoms with Crippen LogP contribution in [0.3, 0.4) is 0 Å². The second kappa shape index (κ2) is 5.09. The van der Waals surface area contributed by atoms with Crippen LogP contribution in [0.4, 0.5) is 0 Å². The van der Waals surface area contributed by atoms with Gasteiger partial charge in [0.05, 0.1) is 26.3 Å². The van der Waals surface area contributed by atoms with Gasteiger partial charge in [-0.3, -0.25) is 4.68 Å². The first kappa shape index (κ1) is 13.1. The number of rotatable bonds is 4. The van der Waals surface area contributed by atoms with Crippen LogP contribution in [0.25, 0.3) is 10.9 Å². The second-order valence-electron chi connectivity index (χ2n) is 3.89. The Morgan fingerprint density at radius 2 is 1.84 bits per heavy atom. The summed E-state index contributed by atoms with van der Waals surface area (Å²) in [5.41, 5.74) is 0.952. The monoisotopic (exact) mass is 264 g/mol. The molecule has 0 fully saturated rings. The molecule has 0 bridgehead atoms. The maximum Gasteiger partial charge on any atom is 0.356 e. The van der Waals surface area contributed by atoms with E-state index in [-0.39, 0.29) is 5.69 Å². The van der Waals surface area contributed by atoms with Crippen LogP contribution in [0.2, 0.25) is 0 Å². The van der Waals surface area contributed by atoms with Crippen LogP contribution in [0.15, 0.2) is 18.2 Å². The van der Waals surface area contributed by atoms with Gasteiger partial charge in [-0.25, -0.2) is 4.79 Å². The highest BCUT2D eigenvalue weighted by atomic mass is 16.5. The zero-order chi connectivity index (χ0) is 14.0. The van der Waals surface area contributed by atoms with Crippen LogP contribution in [0.1, 0.15) is 17.4 Å². The van der Waals surface area contributed by atoms with Crippen molar-refractivity contribution in [2.24, 2.45) is 0 Å². The number of nitrogen functional groups attached to an aromatic ring is 1. The average Bonchev–Trinajstić information content (AvgIpc) is 2.74. The lowest BCUT2D eigenvalue weighted by molar-refractivity contribution is 0.0516. The number of benzene rings is 1. The summed E-state index contributed by atoms with van der Waals surface area (Å²) in [5, 5.41) is 0.781. The zero-order valence-electron chi connectivity index (χ0n) is 11.1. The van der Waals surface area contributed by atoms with E-state index < -0.39 is 5.97 Å². The third-order valence-corrected chi connectivity index (χ3v) is 2.83. The molecular formula is C13H16N2O4. The van der Waals surface area contributed by atoms with Gasteiger partial charge in [-0.2, -0.15) is 0 Å². The third kappa shape index (κ3) is 2.16. The van der Waals surface area contributed by atoms with Gasteiger partial charge in [0.1, 0.15) is 5.69 Å². The first-order valence-corrected chi connectivity index (χ1v) is 5.82. The molecule has 0 aliphatic heterocycles. The number of fused-ring (bicyclic) bond motifs is 1. The summed E-state index contributed by atoms with van der Waals surface area (Å²) in [5.74, 6) is 6.58. The number of hydrogen-bond acceptors (Lipinski definition) is 5. The molecule has 0 radical (unpaired) electrons. The quantitative estimate of drug-likeness (QED) is 0.669. The first-order valence-electron chi connectivity index (χ1n) is 5.82. The lowest BCUT2D eigenvalue weighted by Crippen LogP contribution is -2.17. The smallest absolute Gasteiger partial charge is 0.356 e. The molecule has 0 unspecified atom stereocenters. The molecule has 2 rings (SSSR count). The number of esters is 1. The van der Waals surface area contributed by atoms with E-state index in [0.717, 1.165) is 5.39 Å². The molecule has 0 saturated carbocycles. The molecule has 2 aromatic rings. The second-order valence-corrected chi connectivity index (χ2v) is 3.89. The van der Waals surface area contributed by atoms with Crippen LogP contribution in [0.5, 0.6) is 11.5 Å². The topological polar surface area (TPSA) is 75.7 Å². The van der Waals surface area contributed by atoms with Crippen LogP contribution in [-0.2, 0) is 4.74 Å². The standard InChI is InChI=1S/C13H16N2O4/c1-4-19-13(16)10-5-8-6-11(17-2)12(18-3)7-9(8)15(10)14/h5-7H,4,14H2,1-3H3. The van der Waals surface area contributed by atoms with Gasteiger partial charge in [-0.05, 0) is 19.1 Å². The average molecular weight is 264 g/mol. The minimum absolute atomic E-state index is 0.284. The van der Waals surface area contributed by atoms with Crippen LogP contribution in [0, 0.1) is 0 Å². The fourth-order valence-corrected chi connectivity index (χ4v) is 1.92. The number of nitrogens with two attached hydrogens (primary N) is 1. The molecular weight excluding hydrogens is 248 g/mol. The van der Waals surface area contributed by atoms with Crippen molar-refractivity contribution in [2.75, 3.05) is 26.7 Å². The number of aromatic nitrogens is 1. The van der Waals surface area contributed by atoms with Crippen molar-refractivity contribution in [1.29, 1.82) is 0 Å². The van der Waals surface area contributed by atoms with Crippen molar-refractivity contribution in [3.05, 3.63) is 23.9 Å². The van der Waals surface area contributed by atoms with Crippen molar-refractivity contribution in [3.8, 4) is 11.5 Å². The van der Waals surface area contributed by atoms with Gasteiger partial charge in [0.25, 0.3) is 0 Å². The highest BCUT2D eigenvalue weighted by Crippen LogP contribution is 2.33. The normalized spacial score (nSPS) is 10.5. The Kier molecular flexibility index (Phi) is 3.50. The van der Waals surface area contributed by atoms with E-state index in [2.05, 4.69) is 0 Å². The number of nitrogens with zero attached hydrogens (tertiary/aromatic N) is 1. The molecule has 0 spiro atoms. The Morgan fingerprint density at radius 3 is 2.42 bits per heavy atom. The molecule has 102 valence electrons. The minimum atomic E-state index is -0.459. The van der Waals surface area contributed by atoms with Crippen molar-refractivity contribution in [1.82, 2.24) is 4.68 Å². The summed E-state index contributed by atoms with van der Waals surface area (Å²) >= 11 is 0. The summed E-state index contributed by atoms with van der Waals surface area (Å²) in [6.07, 6.45) is 0. The molecule has 0 aliphatic carbocycles. The molecule has 19 heavy (non-hydrogen) atoms. The van der Waals surface area contributed by atoms with E-state index in [0.29, 0.717) is 23.6 Å².